The number of fused-ring (bicyclic) bond motifs is 7. The Bertz CT molecular complexity index is 3210. The van der Waals surface area contributed by atoms with E-state index in [2.05, 4.69) is 203 Å². The first kappa shape index (κ1) is 34.0. The molecule has 4 nitrogen and oxygen atoms in total. The molecule has 0 atom stereocenters. The molecule has 0 fully saturated rings. The second kappa shape index (κ2) is 13.8. The molecule has 0 N–H and O–H groups in total. The van der Waals surface area contributed by atoms with Crippen LogP contribution in [0.3, 0.4) is 0 Å². The Hall–Kier alpha value is -8.08. The second-order valence-electron chi connectivity index (χ2n) is 15.4. The Morgan fingerprint density at radius 2 is 0.483 bits per heavy atom. The fourth-order valence-electron chi connectivity index (χ4n) is 9.05. The quantitative estimate of drug-likeness (QED) is 0.169. The van der Waals surface area contributed by atoms with Gasteiger partial charge >= 0.3 is 0 Å². The van der Waals surface area contributed by atoms with Crippen LogP contribution in [0.25, 0.3) is 111 Å². The van der Waals surface area contributed by atoms with E-state index in [9.17, 15) is 0 Å². The van der Waals surface area contributed by atoms with Crippen LogP contribution in [-0.2, 0) is 0 Å². The fourth-order valence-corrected chi connectivity index (χ4v) is 9.05. The summed E-state index contributed by atoms with van der Waals surface area (Å²) in [5.74, 6) is 0. The molecule has 0 unspecified atom stereocenters. The summed E-state index contributed by atoms with van der Waals surface area (Å²) in [6.45, 7) is 0. The Kier molecular flexibility index (Phi) is 7.82. The molecule has 4 heteroatoms. The first-order valence-electron chi connectivity index (χ1n) is 20.4. The van der Waals surface area contributed by atoms with E-state index in [4.69, 9.17) is 9.97 Å². The number of para-hydroxylation sites is 6. The molecule has 12 rings (SSSR count). The van der Waals surface area contributed by atoms with E-state index < -0.39 is 0 Å². The van der Waals surface area contributed by atoms with Gasteiger partial charge in [-0.25, -0.2) is 9.97 Å². The summed E-state index contributed by atoms with van der Waals surface area (Å²) in [6.07, 6.45) is 0. The smallest absolute Gasteiger partial charge is 0.0973 e. The largest absolute Gasteiger partial charge is 0.309 e. The monoisotopic (exact) mass is 764 g/mol. The minimum Gasteiger partial charge on any atom is -0.309 e. The average molecular weight is 765 g/mol. The van der Waals surface area contributed by atoms with Gasteiger partial charge < -0.3 is 9.13 Å². The number of aromatic nitrogens is 4. The lowest BCUT2D eigenvalue weighted by atomic mass is 9.98. The average Bonchev–Trinajstić information content (AvgIpc) is 3.85. The Labute approximate surface area is 346 Å². The summed E-state index contributed by atoms with van der Waals surface area (Å²) in [7, 11) is 0. The number of hydrogen-bond donors (Lipinski definition) is 0. The van der Waals surface area contributed by atoms with Crippen LogP contribution in [0.15, 0.2) is 218 Å². The molecule has 12 aromatic rings. The van der Waals surface area contributed by atoms with Gasteiger partial charge in [-0.15, -0.1) is 0 Å². The highest BCUT2D eigenvalue weighted by molar-refractivity contribution is 6.10. The molecule has 0 spiro atoms. The molecule has 0 saturated heterocycles. The van der Waals surface area contributed by atoms with Crippen molar-refractivity contribution in [3.63, 3.8) is 0 Å². The van der Waals surface area contributed by atoms with Crippen molar-refractivity contribution in [2.24, 2.45) is 0 Å². The minimum absolute atomic E-state index is 0.866. The standard InChI is InChI=1S/C56H36N4/c1-7-17-51-45(11-1)46-12-2-8-18-52(46)59(51)43-33-29-39(30-34-43)37-21-25-41(26-22-37)55-56(58-50-16-6-5-15-49(50)57-55)42-27-23-38(24-28-42)40-31-35-44(36-32-40)60-53-19-9-3-13-47(53)48-14-4-10-20-54(48)60/h1-36H. The van der Waals surface area contributed by atoms with E-state index in [1.165, 1.54) is 43.6 Å². The summed E-state index contributed by atoms with van der Waals surface area (Å²) in [5.41, 5.74) is 17.3. The molecule has 0 radical (unpaired) electrons. The Morgan fingerprint density at radius 3 is 0.800 bits per heavy atom. The fraction of sp³-hybridized carbons (Fsp3) is 0. The maximum absolute atomic E-state index is 5.20. The summed E-state index contributed by atoms with van der Waals surface area (Å²) in [4.78, 5) is 10.4. The SMILES string of the molecule is c1ccc2nc(-c3ccc(-c4ccc(-n5c6ccccc6c6ccccc65)cc4)cc3)c(-c3ccc(-c4ccc(-n5c6ccccc6c6ccccc65)cc4)cc3)nc2c1. The van der Waals surface area contributed by atoms with Gasteiger partial charge in [0, 0.05) is 44.0 Å². The summed E-state index contributed by atoms with van der Waals surface area (Å²) in [5, 5.41) is 5.06. The second-order valence-corrected chi connectivity index (χ2v) is 15.4. The maximum atomic E-state index is 5.20. The number of benzene rings is 9. The lowest BCUT2D eigenvalue weighted by molar-refractivity contribution is 1.18. The molecule has 0 bridgehead atoms. The van der Waals surface area contributed by atoms with Gasteiger partial charge in [-0.3, -0.25) is 0 Å². The van der Waals surface area contributed by atoms with Crippen molar-refractivity contribution < 1.29 is 0 Å². The first-order chi connectivity index (χ1) is 29.7. The van der Waals surface area contributed by atoms with E-state index in [0.29, 0.717) is 0 Å². The van der Waals surface area contributed by atoms with Crippen molar-refractivity contribution >= 4 is 54.6 Å². The van der Waals surface area contributed by atoms with Gasteiger partial charge in [0.1, 0.15) is 0 Å². The van der Waals surface area contributed by atoms with Crippen molar-refractivity contribution in [1.82, 2.24) is 19.1 Å². The molecule has 0 aliphatic heterocycles. The highest BCUT2D eigenvalue weighted by Gasteiger charge is 2.16. The van der Waals surface area contributed by atoms with Crippen LogP contribution in [0.2, 0.25) is 0 Å². The van der Waals surface area contributed by atoms with Crippen LogP contribution in [0, 0.1) is 0 Å². The van der Waals surface area contributed by atoms with Crippen molar-refractivity contribution in [1.29, 1.82) is 0 Å². The molecular weight excluding hydrogens is 729 g/mol. The molecular formula is C56H36N4. The van der Waals surface area contributed by atoms with E-state index in [1.54, 1.807) is 0 Å². The van der Waals surface area contributed by atoms with Crippen molar-refractivity contribution in [2.75, 3.05) is 0 Å². The first-order valence-corrected chi connectivity index (χ1v) is 20.4. The van der Waals surface area contributed by atoms with Crippen LogP contribution in [-0.4, -0.2) is 19.1 Å². The summed E-state index contributed by atoms with van der Waals surface area (Å²) in [6, 6.07) is 77.9. The van der Waals surface area contributed by atoms with E-state index >= 15 is 0 Å². The Morgan fingerprint density at radius 1 is 0.233 bits per heavy atom. The lowest BCUT2D eigenvalue weighted by Crippen LogP contribution is -1.96. The van der Waals surface area contributed by atoms with Crippen molar-refractivity contribution in [3.05, 3.63) is 218 Å². The Balaban J connectivity index is 0.856. The summed E-state index contributed by atoms with van der Waals surface area (Å²) >= 11 is 0. The van der Waals surface area contributed by atoms with Crippen LogP contribution < -0.4 is 0 Å². The molecule has 0 saturated carbocycles. The molecule has 9 aromatic carbocycles. The molecule has 0 aliphatic carbocycles. The van der Waals surface area contributed by atoms with Crippen molar-refractivity contribution in [2.45, 2.75) is 0 Å². The molecule has 60 heavy (non-hydrogen) atoms. The lowest BCUT2D eigenvalue weighted by Gasteiger charge is -2.13. The van der Waals surface area contributed by atoms with Gasteiger partial charge in [0.15, 0.2) is 0 Å². The zero-order valence-electron chi connectivity index (χ0n) is 32.6. The molecule has 0 aliphatic rings. The highest BCUT2D eigenvalue weighted by Crippen LogP contribution is 2.37. The summed E-state index contributed by atoms with van der Waals surface area (Å²) < 4.78 is 4.71. The van der Waals surface area contributed by atoms with E-state index in [1.807, 2.05) is 24.3 Å². The molecule has 0 amide bonds. The normalized spacial score (nSPS) is 11.7. The van der Waals surface area contributed by atoms with Crippen LogP contribution in [0.1, 0.15) is 0 Å². The van der Waals surface area contributed by atoms with E-state index in [-0.39, 0.29) is 0 Å². The predicted octanol–water partition coefficient (Wildman–Crippen LogP) is 14.5. The minimum atomic E-state index is 0.866. The van der Waals surface area contributed by atoms with Gasteiger partial charge in [0.05, 0.1) is 44.5 Å². The molecule has 3 heterocycles. The van der Waals surface area contributed by atoms with Gasteiger partial charge in [0.2, 0.25) is 0 Å². The van der Waals surface area contributed by atoms with Gasteiger partial charge in [-0.2, -0.15) is 0 Å². The number of hydrogen-bond acceptors (Lipinski definition) is 2. The van der Waals surface area contributed by atoms with Gasteiger partial charge in [-0.05, 0) is 82.9 Å². The zero-order chi connectivity index (χ0) is 39.6. The van der Waals surface area contributed by atoms with E-state index in [0.717, 1.165) is 67.2 Å². The van der Waals surface area contributed by atoms with Gasteiger partial charge in [0.25, 0.3) is 0 Å². The third-order valence-corrected chi connectivity index (χ3v) is 12.0. The molecule has 280 valence electrons. The number of nitrogens with zero attached hydrogens (tertiary/aromatic N) is 4. The van der Waals surface area contributed by atoms with Crippen LogP contribution in [0.5, 0.6) is 0 Å². The number of rotatable bonds is 6. The van der Waals surface area contributed by atoms with Crippen molar-refractivity contribution in [3.8, 4) is 56.1 Å². The third kappa shape index (κ3) is 5.53. The van der Waals surface area contributed by atoms with Gasteiger partial charge in [-0.1, -0.05) is 158 Å². The maximum Gasteiger partial charge on any atom is 0.0973 e. The van der Waals surface area contributed by atoms with Crippen LogP contribution in [0.4, 0.5) is 0 Å². The highest BCUT2D eigenvalue weighted by atomic mass is 15.0. The topological polar surface area (TPSA) is 35.6 Å². The third-order valence-electron chi connectivity index (χ3n) is 12.0. The zero-order valence-corrected chi connectivity index (χ0v) is 32.6. The molecule has 3 aromatic heterocycles. The predicted molar refractivity (Wildman–Crippen MR) is 250 cm³/mol. The van der Waals surface area contributed by atoms with Crippen LogP contribution >= 0.6 is 0 Å².